The number of nitrogens with zero attached hydrogens (tertiary/aromatic N) is 3. The van der Waals surface area contributed by atoms with Crippen molar-refractivity contribution in [1.82, 2.24) is 4.90 Å². The Morgan fingerprint density at radius 2 is 1.92 bits per heavy atom. The molecule has 1 aliphatic heterocycles. The van der Waals surface area contributed by atoms with E-state index in [1.807, 2.05) is 12.1 Å². The average molecular weight is 336 g/mol. The van der Waals surface area contributed by atoms with E-state index in [4.69, 9.17) is 0 Å². The van der Waals surface area contributed by atoms with Crippen molar-refractivity contribution in [2.45, 2.75) is 25.4 Å². The number of piperidine rings is 1. The third-order valence-corrected chi connectivity index (χ3v) is 4.53. The summed E-state index contributed by atoms with van der Waals surface area (Å²) in [5.74, 6) is 0. The molecule has 0 saturated carbocycles. The zero-order valence-corrected chi connectivity index (χ0v) is 13.9. The fraction of sp³-hybridized carbons (Fsp3) is 0.316. The van der Waals surface area contributed by atoms with Crippen LogP contribution in [0.5, 0.6) is 0 Å². The number of nitriles is 1. The van der Waals surface area contributed by atoms with Gasteiger partial charge in [0.15, 0.2) is 0 Å². The van der Waals surface area contributed by atoms with E-state index >= 15 is 0 Å². The van der Waals surface area contributed by atoms with Crippen LogP contribution in [0.4, 0.5) is 11.4 Å². The number of nitro groups is 1. The number of likely N-dealkylation sites (tertiary alicyclic amines) is 1. The lowest BCUT2D eigenvalue weighted by Crippen LogP contribution is -2.38. The van der Waals surface area contributed by atoms with Gasteiger partial charge in [-0.25, -0.2) is 0 Å². The van der Waals surface area contributed by atoms with Crippen LogP contribution >= 0.6 is 0 Å². The van der Waals surface area contributed by atoms with Crippen molar-refractivity contribution >= 4 is 11.4 Å². The van der Waals surface area contributed by atoms with E-state index in [0.717, 1.165) is 32.5 Å². The molecule has 0 bridgehead atoms. The quantitative estimate of drug-likeness (QED) is 0.667. The van der Waals surface area contributed by atoms with E-state index in [-0.39, 0.29) is 11.7 Å². The second-order valence-electron chi connectivity index (χ2n) is 6.28. The second-order valence-corrected chi connectivity index (χ2v) is 6.28. The minimum absolute atomic E-state index is 0.0558. The van der Waals surface area contributed by atoms with Crippen LogP contribution in [0, 0.1) is 21.4 Å². The molecule has 3 rings (SSSR count). The highest BCUT2D eigenvalue weighted by atomic mass is 16.6. The van der Waals surface area contributed by atoms with Gasteiger partial charge in [-0.15, -0.1) is 0 Å². The first-order valence-electron chi connectivity index (χ1n) is 8.37. The molecule has 1 heterocycles. The van der Waals surface area contributed by atoms with Crippen LogP contribution in [0.2, 0.25) is 0 Å². The van der Waals surface area contributed by atoms with E-state index in [1.165, 1.54) is 17.7 Å². The van der Waals surface area contributed by atoms with Gasteiger partial charge >= 0.3 is 0 Å². The number of hydrogen-bond acceptors (Lipinski definition) is 5. The summed E-state index contributed by atoms with van der Waals surface area (Å²) in [4.78, 5) is 12.8. The number of benzene rings is 2. The number of rotatable bonds is 5. The Hall–Kier alpha value is -2.91. The maximum Gasteiger partial charge on any atom is 0.270 e. The third-order valence-electron chi connectivity index (χ3n) is 4.53. The Kier molecular flexibility index (Phi) is 5.26. The molecule has 6 heteroatoms. The van der Waals surface area contributed by atoms with Crippen LogP contribution in [0.3, 0.4) is 0 Å². The minimum atomic E-state index is -0.479. The van der Waals surface area contributed by atoms with E-state index in [9.17, 15) is 15.4 Å². The third kappa shape index (κ3) is 4.34. The molecule has 0 amide bonds. The van der Waals surface area contributed by atoms with Crippen molar-refractivity contribution in [3.63, 3.8) is 0 Å². The molecule has 6 nitrogen and oxygen atoms in total. The summed E-state index contributed by atoms with van der Waals surface area (Å²) in [6.45, 7) is 2.93. The summed E-state index contributed by atoms with van der Waals surface area (Å²) < 4.78 is 0. The molecule has 0 unspecified atom stereocenters. The van der Waals surface area contributed by atoms with Crippen LogP contribution in [0.25, 0.3) is 0 Å². The second kappa shape index (κ2) is 7.77. The van der Waals surface area contributed by atoms with E-state index in [2.05, 4.69) is 34.5 Å². The van der Waals surface area contributed by atoms with E-state index < -0.39 is 4.92 Å². The summed E-state index contributed by atoms with van der Waals surface area (Å²) >= 11 is 0. The molecule has 25 heavy (non-hydrogen) atoms. The van der Waals surface area contributed by atoms with E-state index in [1.54, 1.807) is 6.07 Å². The lowest BCUT2D eigenvalue weighted by molar-refractivity contribution is -0.384. The summed E-state index contributed by atoms with van der Waals surface area (Å²) in [6, 6.07) is 17.1. The number of nitro benzene ring substituents is 1. The highest BCUT2D eigenvalue weighted by molar-refractivity contribution is 5.61. The molecule has 0 radical (unpaired) electrons. The zero-order chi connectivity index (χ0) is 17.6. The fourth-order valence-corrected chi connectivity index (χ4v) is 3.16. The van der Waals surface area contributed by atoms with Crippen molar-refractivity contribution in [1.29, 1.82) is 5.26 Å². The van der Waals surface area contributed by atoms with Gasteiger partial charge in [-0.1, -0.05) is 30.3 Å². The first-order valence-corrected chi connectivity index (χ1v) is 8.37. The van der Waals surface area contributed by atoms with Gasteiger partial charge < -0.3 is 5.32 Å². The molecule has 0 aromatic heterocycles. The topological polar surface area (TPSA) is 82.2 Å². The van der Waals surface area contributed by atoms with Gasteiger partial charge in [0.1, 0.15) is 6.07 Å². The van der Waals surface area contributed by atoms with Crippen LogP contribution in [-0.4, -0.2) is 29.0 Å². The Morgan fingerprint density at radius 3 is 2.56 bits per heavy atom. The Bertz CT molecular complexity index is 778. The first-order chi connectivity index (χ1) is 12.2. The summed E-state index contributed by atoms with van der Waals surface area (Å²) in [7, 11) is 0. The lowest BCUT2D eigenvalue weighted by atomic mass is 10.0. The maximum atomic E-state index is 10.8. The average Bonchev–Trinajstić information content (AvgIpc) is 2.64. The van der Waals surface area contributed by atoms with Gasteiger partial charge in [-0.05, 0) is 24.5 Å². The lowest BCUT2D eigenvalue weighted by Gasteiger charge is -2.33. The Morgan fingerprint density at radius 1 is 1.20 bits per heavy atom. The molecule has 1 fully saturated rings. The molecular weight excluding hydrogens is 316 g/mol. The number of nitrogens with one attached hydrogen (secondary N) is 1. The van der Waals surface area contributed by atoms with E-state index in [0.29, 0.717) is 11.3 Å². The van der Waals surface area contributed by atoms with Gasteiger partial charge in [0.2, 0.25) is 0 Å². The van der Waals surface area contributed by atoms with Crippen molar-refractivity contribution in [2.24, 2.45) is 0 Å². The van der Waals surface area contributed by atoms with Gasteiger partial charge in [-0.3, -0.25) is 15.0 Å². The van der Waals surface area contributed by atoms with Crippen LogP contribution in [0.1, 0.15) is 24.0 Å². The molecule has 2 aromatic carbocycles. The summed E-state index contributed by atoms with van der Waals surface area (Å²) in [6.07, 6.45) is 1.96. The molecule has 0 spiro atoms. The standard InChI is InChI=1S/C19H20N4O2/c20-13-16-12-18(23(24)25)6-7-19(16)21-17-8-10-22(11-9-17)14-15-4-2-1-3-5-15/h1-7,12,17,21H,8-11,14H2. The maximum absolute atomic E-state index is 10.8. The van der Waals surface area contributed by atoms with Crippen molar-refractivity contribution in [3.05, 3.63) is 69.8 Å². The van der Waals surface area contributed by atoms with Gasteiger partial charge in [0, 0.05) is 37.8 Å². The predicted octanol–water partition coefficient (Wildman–Crippen LogP) is 3.54. The number of hydrogen-bond donors (Lipinski definition) is 1. The molecule has 128 valence electrons. The molecular formula is C19H20N4O2. The van der Waals surface area contributed by atoms with Crippen molar-refractivity contribution < 1.29 is 4.92 Å². The van der Waals surface area contributed by atoms with Crippen molar-refractivity contribution in [3.8, 4) is 6.07 Å². The first kappa shape index (κ1) is 16.9. The van der Waals surface area contributed by atoms with Crippen molar-refractivity contribution in [2.75, 3.05) is 18.4 Å². The number of non-ortho nitro benzene ring substituents is 1. The molecule has 1 saturated heterocycles. The smallest absolute Gasteiger partial charge is 0.270 e. The Labute approximate surface area is 146 Å². The molecule has 0 aliphatic carbocycles. The van der Waals surface area contributed by atoms with Gasteiger partial charge in [0.25, 0.3) is 5.69 Å². The monoisotopic (exact) mass is 336 g/mol. The number of anilines is 1. The molecule has 1 aliphatic rings. The fourth-order valence-electron chi connectivity index (χ4n) is 3.16. The summed E-state index contributed by atoms with van der Waals surface area (Å²) in [5, 5.41) is 23.4. The van der Waals surface area contributed by atoms with Gasteiger partial charge in [-0.2, -0.15) is 5.26 Å². The normalized spacial score (nSPS) is 15.5. The SMILES string of the molecule is N#Cc1cc([N+](=O)[O-])ccc1NC1CCN(Cc2ccccc2)CC1. The van der Waals surface area contributed by atoms with Crippen LogP contribution < -0.4 is 5.32 Å². The highest BCUT2D eigenvalue weighted by Gasteiger charge is 2.20. The van der Waals surface area contributed by atoms with Crippen LogP contribution in [-0.2, 0) is 6.54 Å². The zero-order valence-electron chi connectivity index (χ0n) is 13.9. The summed E-state index contributed by atoms with van der Waals surface area (Å²) in [5.41, 5.74) is 2.26. The minimum Gasteiger partial charge on any atom is -0.381 e. The molecule has 0 atom stereocenters. The highest BCUT2D eigenvalue weighted by Crippen LogP contribution is 2.24. The van der Waals surface area contributed by atoms with Crippen LogP contribution in [0.15, 0.2) is 48.5 Å². The predicted molar refractivity (Wildman–Crippen MR) is 96.2 cm³/mol. The largest absolute Gasteiger partial charge is 0.381 e. The van der Waals surface area contributed by atoms with Gasteiger partial charge in [0.05, 0.1) is 16.2 Å². The molecule has 1 N–H and O–H groups in total. The molecule has 2 aromatic rings. The Balaban J connectivity index is 1.57.